The highest BCUT2D eigenvalue weighted by Crippen LogP contribution is 2.37. The summed E-state index contributed by atoms with van der Waals surface area (Å²) in [5.74, 6) is 0.382. The molecule has 0 saturated heterocycles. The number of aryl methyl sites for hydroxylation is 1. The predicted molar refractivity (Wildman–Crippen MR) is 107 cm³/mol. The molecule has 3 rings (SSSR count). The van der Waals surface area contributed by atoms with E-state index < -0.39 is 11.9 Å². The Morgan fingerprint density at radius 3 is 2.82 bits per heavy atom. The molecule has 0 aliphatic carbocycles. The first-order valence-corrected chi connectivity index (χ1v) is 9.17. The van der Waals surface area contributed by atoms with Gasteiger partial charge in [0.25, 0.3) is 5.91 Å². The van der Waals surface area contributed by atoms with E-state index in [2.05, 4.69) is 22.4 Å². The number of allylic oxidation sites excluding steroid dienone is 1. The standard InChI is InChI=1S/C19H18Cl2N4O3/c1-4-8-25-11(3)15(18(26)22-14-9-10(2)28-24-14)17(23-19(25)27)12-6-5-7-13(20)16(12)21/h4-7,9,17H,1,8H2,2-3H3,(H,23,27)(H,22,24,26)/t17-/m0/s1. The zero-order valence-corrected chi connectivity index (χ0v) is 16.8. The molecule has 7 nitrogen and oxygen atoms in total. The van der Waals surface area contributed by atoms with E-state index in [1.807, 2.05) is 0 Å². The molecule has 1 aliphatic rings. The minimum absolute atomic E-state index is 0.244. The molecule has 0 radical (unpaired) electrons. The molecule has 0 saturated carbocycles. The van der Waals surface area contributed by atoms with Crippen molar-refractivity contribution in [1.82, 2.24) is 15.4 Å². The van der Waals surface area contributed by atoms with Crippen LogP contribution in [0.1, 0.15) is 24.3 Å². The largest absolute Gasteiger partial charge is 0.360 e. The van der Waals surface area contributed by atoms with Crippen LogP contribution in [-0.2, 0) is 4.79 Å². The van der Waals surface area contributed by atoms with Gasteiger partial charge in [0, 0.05) is 18.3 Å². The molecule has 1 aromatic carbocycles. The van der Waals surface area contributed by atoms with Crippen LogP contribution in [0.25, 0.3) is 0 Å². The highest BCUT2D eigenvalue weighted by molar-refractivity contribution is 6.42. The minimum Gasteiger partial charge on any atom is -0.360 e. The molecule has 1 atom stereocenters. The van der Waals surface area contributed by atoms with Crippen molar-refractivity contribution in [3.05, 3.63) is 69.6 Å². The van der Waals surface area contributed by atoms with E-state index in [1.165, 1.54) is 4.90 Å². The lowest BCUT2D eigenvalue weighted by Crippen LogP contribution is -2.48. The third-order valence-electron chi connectivity index (χ3n) is 4.31. The van der Waals surface area contributed by atoms with Gasteiger partial charge in [-0.25, -0.2) is 4.79 Å². The molecule has 1 aliphatic heterocycles. The summed E-state index contributed by atoms with van der Waals surface area (Å²) in [6.45, 7) is 7.31. The van der Waals surface area contributed by atoms with Crippen LogP contribution >= 0.6 is 23.2 Å². The van der Waals surface area contributed by atoms with Gasteiger partial charge in [0.05, 0.1) is 21.7 Å². The SMILES string of the molecule is C=CCN1C(=O)N[C@@H](c2cccc(Cl)c2Cl)C(C(=O)Nc2cc(C)on2)=C1C. The van der Waals surface area contributed by atoms with Crippen molar-refractivity contribution >= 4 is 41.0 Å². The number of hydrogen-bond donors (Lipinski definition) is 2. The van der Waals surface area contributed by atoms with E-state index in [0.717, 1.165) is 0 Å². The number of urea groups is 1. The summed E-state index contributed by atoms with van der Waals surface area (Å²) in [7, 11) is 0. The number of nitrogens with one attached hydrogen (secondary N) is 2. The number of nitrogens with zero attached hydrogens (tertiary/aromatic N) is 2. The Bertz CT molecular complexity index is 983. The molecule has 1 aromatic heterocycles. The second kappa shape index (κ2) is 8.08. The number of carbonyl (C=O) groups is 2. The smallest absolute Gasteiger partial charge is 0.322 e. The number of halogens is 2. The number of rotatable bonds is 5. The maximum absolute atomic E-state index is 13.1. The van der Waals surface area contributed by atoms with Crippen LogP contribution in [0, 0.1) is 6.92 Å². The lowest BCUT2D eigenvalue weighted by Gasteiger charge is -2.35. The van der Waals surface area contributed by atoms with Crippen molar-refractivity contribution in [2.75, 3.05) is 11.9 Å². The summed E-state index contributed by atoms with van der Waals surface area (Å²) in [4.78, 5) is 27.1. The van der Waals surface area contributed by atoms with Crippen molar-refractivity contribution in [2.24, 2.45) is 0 Å². The van der Waals surface area contributed by atoms with Gasteiger partial charge in [-0.2, -0.15) is 0 Å². The molecule has 146 valence electrons. The van der Waals surface area contributed by atoms with Crippen molar-refractivity contribution < 1.29 is 14.1 Å². The number of aromatic nitrogens is 1. The monoisotopic (exact) mass is 420 g/mol. The quantitative estimate of drug-likeness (QED) is 0.699. The zero-order valence-electron chi connectivity index (χ0n) is 15.3. The van der Waals surface area contributed by atoms with Gasteiger partial charge in [0.2, 0.25) is 0 Å². The van der Waals surface area contributed by atoms with E-state index in [4.69, 9.17) is 27.7 Å². The van der Waals surface area contributed by atoms with Crippen molar-refractivity contribution in [2.45, 2.75) is 19.9 Å². The zero-order chi connectivity index (χ0) is 20.4. The highest BCUT2D eigenvalue weighted by Gasteiger charge is 2.36. The van der Waals surface area contributed by atoms with E-state index >= 15 is 0 Å². The Labute approximate surface area is 172 Å². The lowest BCUT2D eigenvalue weighted by molar-refractivity contribution is -0.113. The molecular formula is C19H18Cl2N4O3. The highest BCUT2D eigenvalue weighted by atomic mass is 35.5. The minimum atomic E-state index is -0.784. The van der Waals surface area contributed by atoms with Gasteiger partial charge in [-0.15, -0.1) is 6.58 Å². The van der Waals surface area contributed by atoms with E-state index in [9.17, 15) is 9.59 Å². The van der Waals surface area contributed by atoms with Gasteiger partial charge in [-0.05, 0) is 25.5 Å². The Kier molecular flexibility index (Phi) is 5.76. The third kappa shape index (κ3) is 3.76. The maximum atomic E-state index is 13.1. The molecule has 2 N–H and O–H groups in total. The number of benzene rings is 1. The maximum Gasteiger partial charge on any atom is 0.322 e. The van der Waals surface area contributed by atoms with Gasteiger partial charge >= 0.3 is 6.03 Å². The first-order chi connectivity index (χ1) is 13.3. The van der Waals surface area contributed by atoms with Crippen LogP contribution in [0.4, 0.5) is 10.6 Å². The number of carbonyl (C=O) groups excluding carboxylic acids is 2. The second-order valence-corrected chi connectivity index (χ2v) is 6.99. The van der Waals surface area contributed by atoms with Crippen LogP contribution in [0.15, 0.2) is 52.7 Å². The van der Waals surface area contributed by atoms with Crippen LogP contribution in [0.5, 0.6) is 0 Å². The van der Waals surface area contributed by atoms with Crippen LogP contribution < -0.4 is 10.6 Å². The van der Waals surface area contributed by atoms with E-state index in [1.54, 1.807) is 44.2 Å². The van der Waals surface area contributed by atoms with E-state index in [0.29, 0.717) is 27.6 Å². The summed E-state index contributed by atoms with van der Waals surface area (Å²) in [5.41, 5.74) is 1.30. The number of amides is 3. The van der Waals surface area contributed by atoms with Gasteiger partial charge in [0.1, 0.15) is 5.76 Å². The summed E-state index contributed by atoms with van der Waals surface area (Å²) < 4.78 is 4.99. The average molecular weight is 421 g/mol. The molecular weight excluding hydrogens is 403 g/mol. The number of anilines is 1. The molecule has 3 amide bonds. The van der Waals surface area contributed by atoms with Crippen LogP contribution in [0.2, 0.25) is 10.0 Å². The Morgan fingerprint density at radius 1 is 1.43 bits per heavy atom. The first kappa shape index (κ1) is 20.0. The summed E-state index contributed by atoms with van der Waals surface area (Å²) in [6.07, 6.45) is 1.58. The van der Waals surface area contributed by atoms with Crippen molar-refractivity contribution in [3.63, 3.8) is 0 Å². The fourth-order valence-electron chi connectivity index (χ4n) is 3.01. The van der Waals surface area contributed by atoms with Gasteiger partial charge in [-0.1, -0.05) is 46.6 Å². The molecule has 0 bridgehead atoms. The first-order valence-electron chi connectivity index (χ1n) is 8.41. The van der Waals surface area contributed by atoms with Gasteiger partial charge < -0.3 is 15.2 Å². The average Bonchev–Trinajstić information content (AvgIpc) is 3.05. The van der Waals surface area contributed by atoms with Crippen molar-refractivity contribution in [3.8, 4) is 0 Å². The summed E-state index contributed by atoms with van der Waals surface area (Å²) in [6, 6.07) is 5.50. The normalized spacial score (nSPS) is 16.8. The molecule has 9 heteroatoms. The molecule has 0 fully saturated rings. The summed E-state index contributed by atoms with van der Waals surface area (Å²) >= 11 is 12.5. The molecule has 0 unspecified atom stereocenters. The molecule has 2 heterocycles. The number of hydrogen-bond acceptors (Lipinski definition) is 4. The third-order valence-corrected chi connectivity index (χ3v) is 5.15. The van der Waals surface area contributed by atoms with Gasteiger partial charge in [-0.3, -0.25) is 9.69 Å². The lowest BCUT2D eigenvalue weighted by atomic mass is 9.94. The van der Waals surface area contributed by atoms with Crippen molar-refractivity contribution in [1.29, 1.82) is 0 Å². The fourth-order valence-corrected chi connectivity index (χ4v) is 3.43. The second-order valence-electron chi connectivity index (χ2n) is 6.20. The van der Waals surface area contributed by atoms with Crippen LogP contribution in [-0.4, -0.2) is 28.5 Å². The Hall–Kier alpha value is -2.77. The molecule has 2 aromatic rings. The topological polar surface area (TPSA) is 87.5 Å². The molecule has 28 heavy (non-hydrogen) atoms. The predicted octanol–water partition coefficient (Wildman–Crippen LogP) is 4.45. The Balaban J connectivity index is 2.08. The Morgan fingerprint density at radius 2 is 2.18 bits per heavy atom. The molecule has 0 spiro atoms. The van der Waals surface area contributed by atoms with Gasteiger partial charge in [0.15, 0.2) is 5.82 Å². The summed E-state index contributed by atoms with van der Waals surface area (Å²) in [5, 5.41) is 9.89. The van der Waals surface area contributed by atoms with E-state index in [-0.39, 0.29) is 23.4 Å². The van der Waals surface area contributed by atoms with Crippen LogP contribution in [0.3, 0.4) is 0 Å². The fraction of sp³-hybridized carbons (Fsp3) is 0.211.